The number of rotatable bonds is 2. The van der Waals surface area contributed by atoms with Gasteiger partial charge in [-0.2, -0.15) is 0 Å². The molecule has 1 atom stereocenters. The minimum absolute atomic E-state index is 0.600. The van der Waals surface area contributed by atoms with Crippen LogP contribution in [0.25, 0.3) is 0 Å². The number of nitrogens with one attached hydrogen (secondary N) is 1. The van der Waals surface area contributed by atoms with Crippen LogP contribution < -0.4 is 4.72 Å². The molecule has 0 radical (unpaired) electrons. The Hall–Kier alpha value is -1.48. The molecule has 0 aromatic rings. The third kappa shape index (κ3) is 1.77. The molecule has 8 nitrogen and oxygen atoms in total. The second-order valence-electron chi connectivity index (χ2n) is 1.62. The van der Waals surface area contributed by atoms with Crippen molar-refractivity contribution >= 4 is 28.8 Å². The first-order chi connectivity index (χ1) is 5.61. The van der Waals surface area contributed by atoms with Gasteiger partial charge in [0.05, 0.1) is 0 Å². The van der Waals surface area contributed by atoms with Crippen LogP contribution in [0.1, 0.15) is 0 Å². The van der Waals surface area contributed by atoms with E-state index >= 15 is 0 Å². The lowest BCUT2D eigenvalue weighted by Gasteiger charge is -1.94. The highest BCUT2D eigenvalue weighted by Crippen LogP contribution is 1.96. The van der Waals surface area contributed by atoms with E-state index in [0.717, 1.165) is 0 Å². The topological polar surface area (TPSA) is 121 Å². The molecule has 0 saturated heterocycles. The van der Waals surface area contributed by atoms with Gasteiger partial charge < -0.3 is 0 Å². The van der Waals surface area contributed by atoms with Crippen molar-refractivity contribution < 1.29 is 18.4 Å². The Morgan fingerprint density at radius 2 is 2.25 bits per heavy atom. The van der Waals surface area contributed by atoms with E-state index in [2.05, 4.69) is 15.4 Å². The Kier molecular flexibility index (Phi) is 2.35. The summed E-state index contributed by atoms with van der Waals surface area (Å²) in [5.41, 5.74) is -0.600. The van der Waals surface area contributed by atoms with E-state index in [-0.39, 0.29) is 0 Å². The Balaban J connectivity index is 2.67. The normalized spacial score (nSPS) is 17.4. The lowest BCUT2D eigenvalue weighted by atomic mass is 10.3. The second-order valence-corrected chi connectivity index (χ2v) is 2.33. The van der Waals surface area contributed by atoms with Gasteiger partial charge in [0.15, 0.2) is 0 Å². The molecule has 1 unspecified atom stereocenters. The maximum atomic E-state index is 10.7. The zero-order valence-electron chi connectivity index (χ0n) is 5.42. The molecule has 1 heterocycles. The molecular weight excluding hydrogens is 188 g/mol. The lowest BCUT2D eigenvalue weighted by Crippen LogP contribution is -2.34. The maximum absolute atomic E-state index is 10.7. The molecule has 0 bridgehead atoms. The molecule has 12 heavy (non-hydrogen) atoms. The average Bonchev–Trinajstić information content (AvgIpc) is 2.33. The molecule has 1 aliphatic rings. The molecule has 0 aromatic carbocycles. The van der Waals surface area contributed by atoms with Crippen LogP contribution in [0.15, 0.2) is 15.4 Å². The zero-order valence-corrected chi connectivity index (χ0v) is 6.24. The highest BCUT2D eigenvalue weighted by atomic mass is 32.2. The van der Waals surface area contributed by atoms with Crippen LogP contribution in [0.5, 0.6) is 0 Å². The van der Waals surface area contributed by atoms with Gasteiger partial charge in [-0.3, -0.25) is 14.1 Å². The summed E-state index contributed by atoms with van der Waals surface area (Å²) in [4.78, 5) is 21.3. The highest BCUT2D eigenvalue weighted by Gasteiger charge is 2.25. The van der Waals surface area contributed by atoms with Crippen molar-refractivity contribution in [3.05, 3.63) is 0 Å². The van der Waals surface area contributed by atoms with E-state index in [1.165, 1.54) is 4.72 Å². The molecule has 64 valence electrons. The SMILES string of the molecule is O=C1N=NN=C1C(=O)NS(=O)O. The van der Waals surface area contributed by atoms with Crippen molar-refractivity contribution in [3.8, 4) is 0 Å². The fraction of sp³-hybridized carbons (Fsp3) is 0. The van der Waals surface area contributed by atoms with Gasteiger partial charge in [0.2, 0.25) is 5.71 Å². The monoisotopic (exact) mass is 190 g/mol. The van der Waals surface area contributed by atoms with Gasteiger partial charge in [0.25, 0.3) is 17.2 Å². The first-order valence-corrected chi connectivity index (χ1v) is 3.67. The third-order valence-corrected chi connectivity index (χ3v) is 1.24. The van der Waals surface area contributed by atoms with Crippen LogP contribution in [0, 0.1) is 0 Å². The molecule has 0 saturated carbocycles. The summed E-state index contributed by atoms with van der Waals surface area (Å²) in [6.45, 7) is 0. The Morgan fingerprint density at radius 1 is 1.58 bits per heavy atom. The van der Waals surface area contributed by atoms with Gasteiger partial charge in [-0.1, -0.05) is 5.11 Å². The number of amides is 2. The predicted molar refractivity (Wildman–Crippen MR) is 36.2 cm³/mol. The summed E-state index contributed by atoms with van der Waals surface area (Å²) in [6, 6.07) is 0. The fourth-order valence-electron chi connectivity index (χ4n) is 0.468. The molecule has 1 aliphatic heterocycles. The predicted octanol–water partition coefficient (Wildman–Crippen LogP) is -1.41. The third-order valence-electron chi connectivity index (χ3n) is 0.878. The molecule has 0 aromatic heterocycles. The summed E-state index contributed by atoms with van der Waals surface area (Å²) in [5.74, 6) is -2.01. The quantitative estimate of drug-likeness (QED) is 0.519. The Labute approximate surface area is 68.2 Å². The van der Waals surface area contributed by atoms with Crippen molar-refractivity contribution in [2.45, 2.75) is 0 Å². The molecule has 0 aliphatic carbocycles. The second kappa shape index (κ2) is 3.28. The minimum Gasteiger partial charge on any atom is -0.289 e. The summed E-state index contributed by atoms with van der Waals surface area (Å²) in [7, 11) is 0. The average molecular weight is 190 g/mol. The maximum Gasteiger partial charge on any atom is 0.323 e. The van der Waals surface area contributed by atoms with Crippen molar-refractivity contribution in [2.24, 2.45) is 15.4 Å². The Bertz CT molecular complexity index is 320. The van der Waals surface area contributed by atoms with Gasteiger partial charge in [0.1, 0.15) is 0 Å². The summed E-state index contributed by atoms with van der Waals surface area (Å²) in [6.07, 6.45) is 0. The van der Waals surface area contributed by atoms with Crippen LogP contribution in [-0.4, -0.2) is 26.3 Å². The number of carbonyl (C=O) groups excluding carboxylic acids is 2. The van der Waals surface area contributed by atoms with Crippen molar-refractivity contribution in [1.82, 2.24) is 4.72 Å². The van der Waals surface area contributed by atoms with Gasteiger partial charge in [0, 0.05) is 0 Å². The van der Waals surface area contributed by atoms with E-state index in [9.17, 15) is 13.8 Å². The van der Waals surface area contributed by atoms with Gasteiger partial charge >= 0.3 is 5.91 Å². The van der Waals surface area contributed by atoms with Crippen molar-refractivity contribution in [2.75, 3.05) is 0 Å². The van der Waals surface area contributed by atoms with Crippen LogP contribution in [0.3, 0.4) is 0 Å². The largest absolute Gasteiger partial charge is 0.323 e. The van der Waals surface area contributed by atoms with Gasteiger partial charge in [-0.15, -0.1) is 5.10 Å². The number of hydrogen-bond acceptors (Lipinski definition) is 5. The summed E-state index contributed by atoms with van der Waals surface area (Å²) >= 11 is -2.52. The molecule has 1 rings (SSSR count). The molecule has 9 heteroatoms. The summed E-state index contributed by atoms with van der Waals surface area (Å²) < 4.78 is 19.7. The van der Waals surface area contributed by atoms with E-state index in [1.807, 2.05) is 0 Å². The molecule has 0 spiro atoms. The van der Waals surface area contributed by atoms with Gasteiger partial charge in [-0.05, 0) is 5.22 Å². The van der Waals surface area contributed by atoms with Crippen molar-refractivity contribution in [3.63, 3.8) is 0 Å². The Morgan fingerprint density at radius 3 is 2.67 bits per heavy atom. The van der Waals surface area contributed by atoms with Crippen LogP contribution >= 0.6 is 0 Å². The van der Waals surface area contributed by atoms with Gasteiger partial charge in [-0.25, -0.2) is 8.93 Å². The van der Waals surface area contributed by atoms with Crippen molar-refractivity contribution in [1.29, 1.82) is 0 Å². The minimum atomic E-state index is -2.52. The zero-order chi connectivity index (χ0) is 9.14. The first-order valence-electron chi connectivity index (χ1n) is 2.56. The highest BCUT2D eigenvalue weighted by molar-refractivity contribution is 7.77. The van der Waals surface area contributed by atoms with E-state index < -0.39 is 28.8 Å². The molecule has 0 fully saturated rings. The van der Waals surface area contributed by atoms with E-state index in [4.69, 9.17) is 4.55 Å². The molecule has 2 N–H and O–H groups in total. The lowest BCUT2D eigenvalue weighted by molar-refractivity contribution is -0.116. The summed E-state index contributed by atoms with van der Waals surface area (Å²) in [5, 5.41) is 8.82. The molecular formula is C3H2N4O4S. The number of hydrogen-bond donors (Lipinski definition) is 2. The smallest absolute Gasteiger partial charge is 0.289 e. The number of carbonyl (C=O) groups is 2. The number of nitrogens with zero attached hydrogens (tertiary/aromatic N) is 3. The fourth-order valence-corrected chi connectivity index (χ4v) is 0.723. The van der Waals surface area contributed by atoms with E-state index in [1.54, 1.807) is 0 Å². The first kappa shape index (κ1) is 8.62. The van der Waals surface area contributed by atoms with Crippen LogP contribution in [-0.2, 0) is 20.9 Å². The van der Waals surface area contributed by atoms with Crippen LogP contribution in [0.2, 0.25) is 0 Å². The van der Waals surface area contributed by atoms with Crippen LogP contribution in [0.4, 0.5) is 0 Å². The van der Waals surface area contributed by atoms with E-state index in [0.29, 0.717) is 0 Å². The molecule has 2 amide bonds. The standard InChI is InChI=1S/C3H2N4O4S/c8-2-1(4-7-5-2)3(9)6-12(10)11/h(H,6,9)(H,10,11).